The minimum atomic E-state index is -0.202. The van der Waals surface area contributed by atoms with Crippen LogP contribution < -0.4 is 4.90 Å². The van der Waals surface area contributed by atoms with Crippen molar-refractivity contribution in [3.8, 4) is 0 Å². The first-order valence-electron chi connectivity index (χ1n) is 7.50. The highest BCUT2D eigenvalue weighted by atomic mass is 19.1. The number of carbonyl (C=O) groups is 1. The zero-order chi connectivity index (χ0) is 15.4. The zero-order valence-electron chi connectivity index (χ0n) is 12.3. The summed E-state index contributed by atoms with van der Waals surface area (Å²) in [6.07, 6.45) is 3.28. The summed E-state index contributed by atoms with van der Waals surface area (Å²) in [5.74, 6) is -0.130. The second kappa shape index (κ2) is 6.66. The van der Waals surface area contributed by atoms with Crippen LogP contribution in [0.15, 0.2) is 48.8 Å². The molecule has 1 aliphatic heterocycles. The van der Waals surface area contributed by atoms with Gasteiger partial charge in [0, 0.05) is 23.5 Å². The summed E-state index contributed by atoms with van der Waals surface area (Å²) in [7, 11) is 0. The summed E-state index contributed by atoms with van der Waals surface area (Å²) in [5.41, 5.74) is 1.82. The van der Waals surface area contributed by atoms with Crippen molar-refractivity contribution in [3.05, 3.63) is 65.7 Å². The lowest BCUT2D eigenvalue weighted by Gasteiger charge is -2.32. The number of rotatable bonds is 3. The van der Waals surface area contributed by atoms with E-state index >= 15 is 0 Å². The Balaban J connectivity index is 1.54. The number of nitrogens with zero attached hydrogens (tertiary/aromatic N) is 2. The molecule has 2 aromatic rings. The predicted octanol–water partition coefficient (Wildman–Crippen LogP) is 0.762. The van der Waals surface area contributed by atoms with Crippen molar-refractivity contribution in [2.45, 2.75) is 6.54 Å². The maximum absolute atomic E-state index is 12.9. The summed E-state index contributed by atoms with van der Waals surface area (Å²) in [6.45, 7) is 4.19. The number of amides is 1. The average Bonchev–Trinajstić information content (AvgIpc) is 2.58. The van der Waals surface area contributed by atoms with Gasteiger partial charge in [-0.05, 0) is 24.3 Å². The highest BCUT2D eigenvalue weighted by Gasteiger charge is 2.24. The van der Waals surface area contributed by atoms with Crippen molar-refractivity contribution in [2.24, 2.45) is 0 Å². The average molecular weight is 300 g/mol. The third-order valence-corrected chi connectivity index (χ3v) is 4.05. The molecule has 0 radical (unpaired) electrons. The molecular formula is C17H19FN3O+. The van der Waals surface area contributed by atoms with Crippen LogP contribution in [0.25, 0.3) is 0 Å². The highest BCUT2D eigenvalue weighted by Crippen LogP contribution is 2.04. The third kappa shape index (κ3) is 3.49. The lowest BCUT2D eigenvalue weighted by molar-refractivity contribution is -0.917. The Morgan fingerprint density at radius 1 is 1.09 bits per heavy atom. The monoisotopic (exact) mass is 300 g/mol. The number of carbonyl (C=O) groups excluding carboxylic acids is 1. The van der Waals surface area contributed by atoms with Crippen LogP contribution in [-0.4, -0.2) is 42.0 Å². The molecule has 0 atom stereocenters. The molecular weight excluding hydrogens is 281 g/mol. The van der Waals surface area contributed by atoms with Crippen molar-refractivity contribution in [3.63, 3.8) is 0 Å². The zero-order valence-corrected chi connectivity index (χ0v) is 12.3. The van der Waals surface area contributed by atoms with Crippen LogP contribution in [0.3, 0.4) is 0 Å². The van der Waals surface area contributed by atoms with Gasteiger partial charge in [-0.25, -0.2) is 4.39 Å². The van der Waals surface area contributed by atoms with Crippen LogP contribution in [0, 0.1) is 5.82 Å². The minimum Gasteiger partial charge on any atom is -0.328 e. The van der Waals surface area contributed by atoms with E-state index in [0.717, 1.165) is 38.3 Å². The van der Waals surface area contributed by atoms with E-state index in [1.807, 2.05) is 17.0 Å². The second-order valence-corrected chi connectivity index (χ2v) is 5.58. The number of piperazine rings is 1. The smallest absolute Gasteiger partial charge is 0.254 e. The molecule has 2 heterocycles. The normalized spacial score (nSPS) is 15.8. The molecule has 0 spiro atoms. The first-order chi connectivity index (χ1) is 10.7. The maximum atomic E-state index is 12.9. The van der Waals surface area contributed by atoms with E-state index in [9.17, 15) is 9.18 Å². The van der Waals surface area contributed by atoms with Crippen molar-refractivity contribution in [1.29, 1.82) is 0 Å². The van der Waals surface area contributed by atoms with Gasteiger partial charge in [-0.2, -0.15) is 0 Å². The quantitative estimate of drug-likeness (QED) is 0.909. The molecule has 1 saturated heterocycles. The topological polar surface area (TPSA) is 37.6 Å². The van der Waals surface area contributed by atoms with E-state index in [-0.39, 0.29) is 11.7 Å². The molecule has 3 rings (SSSR count). The number of nitrogens with one attached hydrogen (secondary N) is 1. The van der Waals surface area contributed by atoms with E-state index < -0.39 is 0 Å². The summed E-state index contributed by atoms with van der Waals surface area (Å²) < 4.78 is 12.9. The van der Waals surface area contributed by atoms with Crippen molar-refractivity contribution in [1.82, 2.24) is 9.88 Å². The molecule has 1 N–H and O–H groups in total. The fraction of sp³-hybridized carbons (Fsp3) is 0.294. The molecule has 1 aromatic heterocycles. The van der Waals surface area contributed by atoms with Gasteiger partial charge in [0.1, 0.15) is 12.4 Å². The number of hydrogen-bond donors (Lipinski definition) is 1. The number of aromatic nitrogens is 1. The van der Waals surface area contributed by atoms with Gasteiger partial charge >= 0.3 is 0 Å². The SMILES string of the molecule is O=C(c1ccncc1)N1CC[NH+](Cc2ccc(F)cc2)CC1. The van der Waals surface area contributed by atoms with Crippen LogP contribution in [-0.2, 0) is 6.54 Å². The molecule has 0 unspecified atom stereocenters. The Labute approximate surface area is 129 Å². The van der Waals surface area contributed by atoms with Gasteiger partial charge in [0.15, 0.2) is 0 Å². The highest BCUT2D eigenvalue weighted by molar-refractivity contribution is 5.94. The van der Waals surface area contributed by atoms with Crippen LogP contribution in [0.1, 0.15) is 15.9 Å². The van der Waals surface area contributed by atoms with Gasteiger partial charge in [0.25, 0.3) is 5.91 Å². The van der Waals surface area contributed by atoms with Gasteiger partial charge in [-0.15, -0.1) is 0 Å². The summed E-state index contributed by atoms with van der Waals surface area (Å²) in [5, 5.41) is 0. The van der Waals surface area contributed by atoms with Gasteiger partial charge in [0.05, 0.1) is 26.2 Å². The molecule has 0 aliphatic carbocycles. The molecule has 22 heavy (non-hydrogen) atoms. The number of halogens is 1. The van der Waals surface area contributed by atoms with E-state index in [0.29, 0.717) is 5.56 Å². The molecule has 4 nitrogen and oxygen atoms in total. The summed E-state index contributed by atoms with van der Waals surface area (Å²) in [6, 6.07) is 10.2. The Morgan fingerprint density at radius 3 is 2.36 bits per heavy atom. The lowest BCUT2D eigenvalue weighted by Crippen LogP contribution is -3.13. The first-order valence-corrected chi connectivity index (χ1v) is 7.50. The fourth-order valence-corrected chi connectivity index (χ4v) is 2.77. The number of pyridine rings is 1. The van der Waals surface area contributed by atoms with Crippen molar-refractivity contribution in [2.75, 3.05) is 26.2 Å². The summed E-state index contributed by atoms with van der Waals surface area (Å²) in [4.78, 5) is 19.6. The van der Waals surface area contributed by atoms with Crippen LogP contribution in [0.2, 0.25) is 0 Å². The van der Waals surface area contributed by atoms with Gasteiger partial charge < -0.3 is 9.80 Å². The molecule has 0 saturated carbocycles. The van der Waals surface area contributed by atoms with Gasteiger partial charge in [-0.1, -0.05) is 12.1 Å². The van der Waals surface area contributed by atoms with Crippen LogP contribution in [0.4, 0.5) is 4.39 Å². The molecule has 5 heteroatoms. The van der Waals surface area contributed by atoms with Crippen LogP contribution >= 0.6 is 0 Å². The molecule has 0 bridgehead atoms. The maximum Gasteiger partial charge on any atom is 0.254 e. The largest absolute Gasteiger partial charge is 0.328 e. The number of quaternary nitrogens is 1. The predicted molar refractivity (Wildman–Crippen MR) is 80.9 cm³/mol. The second-order valence-electron chi connectivity index (χ2n) is 5.58. The lowest BCUT2D eigenvalue weighted by atomic mass is 10.1. The Kier molecular flexibility index (Phi) is 4.44. The van der Waals surface area contributed by atoms with Crippen LogP contribution in [0.5, 0.6) is 0 Å². The fourth-order valence-electron chi connectivity index (χ4n) is 2.77. The number of hydrogen-bond acceptors (Lipinski definition) is 2. The summed E-state index contributed by atoms with van der Waals surface area (Å²) >= 11 is 0. The molecule has 1 amide bonds. The standard InChI is InChI=1S/C17H18FN3O/c18-16-3-1-14(2-4-16)13-20-9-11-21(12-10-20)17(22)15-5-7-19-8-6-15/h1-8H,9-13H2/p+1. The Bertz CT molecular complexity index is 622. The first kappa shape index (κ1) is 14.7. The number of benzene rings is 1. The van der Waals surface area contributed by atoms with E-state index in [2.05, 4.69) is 4.98 Å². The van der Waals surface area contributed by atoms with E-state index in [1.54, 1.807) is 24.5 Å². The third-order valence-electron chi connectivity index (χ3n) is 4.05. The van der Waals surface area contributed by atoms with Crippen molar-refractivity contribution < 1.29 is 14.1 Å². The molecule has 114 valence electrons. The Morgan fingerprint density at radius 2 is 1.73 bits per heavy atom. The van der Waals surface area contributed by atoms with E-state index in [1.165, 1.54) is 17.0 Å². The van der Waals surface area contributed by atoms with Gasteiger partial charge in [-0.3, -0.25) is 9.78 Å². The molecule has 1 aliphatic rings. The van der Waals surface area contributed by atoms with Gasteiger partial charge in [0.2, 0.25) is 0 Å². The Hall–Kier alpha value is -2.27. The minimum absolute atomic E-state index is 0.0724. The molecule has 1 fully saturated rings. The van der Waals surface area contributed by atoms with E-state index in [4.69, 9.17) is 0 Å². The van der Waals surface area contributed by atoms with Crippen molar-refractivity contribution >= 4 is 5.91 Å². The molecule has 1 aromatic carbocycles.